The Morgan fingerprint density at radius 3 is 2.36 bits per heavy atom. The molecule has 1 fully saturated rings. The molecule has 0 spiro atoms. The van der Waals surface area contributed by atoms with Gasteiger partial charge < -0.3 is 16.0 Å². The van der Waals surface area contributed by atoms with E-state index in [-0.39, 0.29) is 17.0 Å². The lowest BCUT2D eigenvalue weighted by Crippen LogP contribution is -2.39. The van der Waals surface area contributed by atoms with Gasteiger partial charge in [-0.1, -0.05) is 45.0 Å². The number of carbonyl (C=O) groups excluding carboxylic acids is 1. The average molecular weight is 460 g/mol. The standard InChI is InChI=1S/C25H35F2N5O/c1-15-22(31-19(21(28)33)14-24(3,4)5)29-16(2)30-23(15)32-13-7-8-20(32)17-9-11-18(12-10-17)25(6,26)27/h9-12,19-20H,7-8,13-14H2,1-6H3,(H2,28,33)(H,29,30,31). The van der Waals surface area contributed by atoms with E-state index in [0.717, 1.165) is 43.3 Å². The van der Waals surface area contributed by atoms with E-state index in [2.05, 4.69) is 36.0 Å². The highest BCUT2D eigenvalue weighted by atomic mass is 19.3. The highest BCUT2D eigenvalue weighted by Crippen LogP contribution is 2.39. The van der Waals surface area contributed by atoms with Crippen molar-refractivity contribution < 1.29 is 13.6 Å². The molecular formula is C25H35F2N5O. The first kappa shape index (κ1) is 24.9. The van der Waals surface area contributed by atoms with Crippen molar-refractivity contribution in [2.45, 2.75) is 78.8 Å². The van der Waals surface area contributed by atoms with E-state index in [1.807, 2.05) is 13.8 Å². The lowest BCUT2D eigenvalue weighted by atomic mass is 9.88. The Labute approximate surface area is 195 Å². The first-order valence-corrected chi connectivity index (χ1v) is 11.4. The zero-order valence-corrected chi connectivity index (χ0v) is 20.4. The van der Waals surface area contributed by atoms with Crippen LogP contribution in [0.4, 0.5) is 20.4 Å². The third-order valence-electron chi connectivity index (χ3n) is 6.03. The van der Waals surface area contributed by atoms with Crippen LogP contribution in [0.3, 0.4) is 0 Å². The van der Waals surface area contributed by atoms with Gasteiger partial charge in [-0.25, -0.2) is 18.7 Å². The topological polar surface area (TPSA) is 84.1 Å². The summed E-state index contributed by atoms with van der Waals surface area (Å²) in [6, 6.07) is 6.05. The predicted molar refractivity (Wildman–Crippen MR) is 128 cm³/mol. The van der Waals surface area contributed by atoms with E-state index >= 15 is 0 Å². The molecule has 2 aromatic rings. The summed E-state index contributed by atoms with van der Waals surface area (Å²) in [6.07, 6.45) is 2.44. The van der Waals surface area contributed by atoms with Crippen LogP contribution >= 0.6 is 0 Å². The zero-order valence-electron chi connectivity index (χ0n) is 20.4. The second-order valence-corrected chi connectivity index (χ2v) is 10.3. The third-order valence-corrected chi connectivity index (χ3v) is 6.03. The second kappa shape index (κ2) is 9.23. The number of nitrogens with zero attached hydrogens (tertiary/aromatic N) is 3. The molecule has 0 aliphatic carbocycles. The van der Waals surface area contributed by atoms with Crippen LogP contribution in [0.1, 0.15) is 75.5 Å². The van der Waals surface area contributed by atoms with Gasteiger partial charge in [-0.05, 0) is 44.1 Å². The van der Waals surface area contributed by atoms with Crippen LogP contribution in [0.5, 0.6) is 0 Å². The van der Waals surface area contributed by atoms with E-state index < -0.39 is 17.9 Å². The van der Waals surface area contributed by atoms with Crippen molar-refractivity contribution in [3.63, 3.8) is 0 Å². The fourth-order valence-corrected chi connectivity index (χ4v) is 4.40. The highest BCUT2D eigenvalue weighted by molar-refractivity contribution is 5.83. The number of amides is 1. The molecule has 180 valence electrons. The number of carbonyl (C=O) groups is 1. The Hall–Kier alpha value is -2.77. The fraction of sp³-hybridized carbons (Fsp3) is 0.560. The van der Waals surface area contributed by atoms with E-state index in [0.29, 0.717) is 18.1 Å². The quantitative estimate of drug-likeness (QED) is 0.591. The van der Waals surface area contributed by atoms with Crippen molar-refractivity contribution in [1.82, 2.24) is 9.97 Å². The predicted octanol–water partition coefficient (Wildman–Crippen LogP) is 5.25. The number of anilines is 2. The summed E-state index contributed by atoms with van der Waals surface area (Å²) in [5.74, 6) is -1.31. The molecule has 6 nitrogen and oxygen atoms in total. The third kappa shape index (κ3) is 5.97. The number of rotatable bonds is 7. The molecule has 8 heteroatoms. The number of nitrogens with one attached hydrogen (secondary N) is 1. The Kier molecular flexibility index (Phi) is 6.96. The number of aryl methyl sites for hydroxylation is 1. The Morgan fingerprint density at radius 1 is 1.18 bits per heavy atom. The summed E-state index contributed by atoms with van der Waals surface area (Å²) in [4.78, 5) is 23.6. The van der Waals surface area contributed by atoms with Crippen LogP contribution in [0.2, 0.25) is 0 Å². The van der Waals surface area contributed by atoms with E-state index in [9.17, 15) is 13.6 Å². The number of primary amides is 1. The average Bonchev–Trinajstić information content (AvgIpc) is 3.18. The van der Waals surface area contributed by atoms with Gasteiger partial charge in [-0.2, -0.15) is 0 Å². The number of aromatic nitrogens is 2. The molecule has 3 rings (SSSR count). The number of halogens is 2. The number of benzene rings is 1. The molecule has 0 bridgehead atoms. The van der Waals surface area contributed by atoms with Crippen molar-refractivity contribution in [3.8, 4) is 0 Å². The molecule has 1 aliphatic heterocycles. The highest BCUT2D eigenvalue weighted by Gasteiger charge is 2.31. The van der Waals surface area contributed by atoms with Gasteiger partial charge in [0.05, 0.1) is 6.04 Å². The van der Waals surface area contributed by atoms with Gasteiger partial charge in [0.1, 0.15) is 23.5 Å². The normalized spacial score (nSPS) is 17.8. The van der Waals surface area contributed by atoms with Crippen LogP contribution in [-0.4, -0.2) is 28.5 Å². The molecule has 0 saturated carbocycles. The molecule has 1 amide bonds. The number of hydrogen-bond donors (Lipinski definition) is 2. The van der Waals surface area contributed by atoms with Crippen molar-refractivity contribution in [1.29, 1.82) is 0 Å². The molecule has 1 aliphatic rings. The lowest BCUT2D eigenvalue weighted by Gasteiger charge is -2.30. The molecular weight excluding hydrogens is 424 g/mol. The largest absolute Gasteiger partial charge is 0.368 e. The Bertz CT molecular complexity index is 996. The van der Waals surface area contributed by atoms with Crippen molar-refractivity contribution in [2.75, 3.05) is 16.8 Å². The summed E-state index contributed by atoms with van der Waals surface area (Å²) < 4.78 is 27.3. The summed E-state index contributed by atoms with van der Waals surface area (Å²) in [7, 11) is 0. The van der Waals surface area contributed by atoms with E-state index in [4.69, 9.17) is 10.7 Å². The minimum absolute atomic E-state index is 0.00712. The van der Waals surface area contributed by atoms with Gasteiger partial charge >= 0.3 is 0 Å². The molecule has 2 unspecified atom stereocenters. The van der Waals surface area contributed by atoms with Crippen molar-refractivity contribution in [2.24, 2.45) is 11.1 Å². The Balaban J connectivity index is 1.92. The second-order valence-electron chi connectivity index (χ2n) is 10.3. The van der Waals surface area contributed by atoms with Gasteiger partial charge in [-0.15, -0.1) is 0 Å². The lowest BCUT2D eigenvalue weighted by molar-refractivity contribution is -0.119. The maximum absolute atomic E-state index is 13.6. The van der Waals surface area contributed by atoms with Gasteiger partial charge in [0.15, 0.2) is 0 Å². The molecule has 0 radical (unpaired) electrons. The molecule has 2 heterocycles. The maximum atomic E-state index is 13.6. The van der Waals surface area contributed by atoms with Crippen LogP contribution in [-0.2, 0) is 10.7 Å². The van der Waals surface area contributed by atoms with Crippen LogP contribution in [0, 0.1) is 19.3 Å². The summed E-state index contributed by atoms with van der Waals surface area (Å²) in [5.41, 5.74) is 7.41. The number of alkyl halides is 2. The Morgan fingerprint density at radius 2 is 1.82 bits per heavy atom. The smallest absolute Gasteiger partial charge is 0.270 e. The van der Waals surface area contributed by atoms with Crippen molar-refractivity contribution in [3.05, 3.63) is 46.8 Å². The SMILES string of the molecule is Cc1nc(NC(CC(C)(C)C)C(N)=O)c(C)c(N2CCCC2c2ccc(C(C)(F)F)cc2)n1. The maximum Gasteiger partial charge on any atom is 0.270 e. The van der Waals surface area contributed by atoms with E-state index in [1.165, 1.54) is 12.1 Å². The fourth-order valence-electron chi connectivity index (χ4n) is 4.40. The summed E-state index contributed by atoms with van der Waals surface area (Å²) in [5, 5.41) is 3.25. The molecule has 1 aromatic heterocycles. The zero-order chi connectivity index (χ0) is 24.6. The van der Waals surface area contributed by atoms with Gasteiger partial charge in [0.2, 0.25) is 5.91 Å². The molecule has 1 aromatic carbocycles. The van der Waals surface area contributed by atoms with Gasteiger partial charge in [0.25, 0.3) is 5.92 Å². The van der Waals surface area contributed by atoms with Gasteiger partial charge in [-0.3, -0.25) is 4.79 Å². The first-order valence-electron chi connectivity index (χ1n) is 11.4. The van der Waals surface area contributed by atoms with Crippen LogP contribution in [0.15, 0.2) is 24.3 Å². The summed E-state index contributed by atoms with van der Waals surface area (Å²) >= 11 is 0. The van der Waals surface area contributed by atoms with Crippen LogP contribution in [0.25, 0.3) is 0 Å². The van der Waals surface area contributed by atoms with E-state index in [1.54, 1.807) is 12.1 Å². The monoisotopic (exact) mass is 459 g/mol. The summed E-state index contributed by atoms with van der Waals surface area (Å²) in [6.45, 7) is 11.6. The molecule has 2 atom stereocenters. The number of hydrogen-bond acceptors (Lipinski definition) is 5. The van der Waals surface area contributed by atoms with Crippen molar-refractivity contribution >= 4 is 17.5 Å². The minimum atomic E-state index is -2.86. The minimum Gasteiger partial charge on any atom is -0.368 e. The van der Waals surface area contributed by atoms with Crippen LogP contribution < -0.4 is 16.0 Å². The number of nitrogens with two attached hydrogens (primary N) is 1. The molecule has 33 heavy (non-hydrogen) atoms. The first-order chi connectivity index (χ1) is 15.3. The molecule has 1 saturated heterocycles. The molecule has 3 N–H and O–H groups in total. The van der Waals surface area contributed by atoms with Gasteiger partial charge in [0, 0.05) is 24.6 Å².